The molecule has 0 aliphatic heterocycles. The van der Waals surface area contributed by atoms with Crippen molar-refractivity contribution in [1.82, 2.24) is 0 Å². The van der Waals surface area contributed by atoms with Gasteiger partial charge in [-0.2, -0.15) is 0 Å². The molecule has 0 saturated carbocycles. The van der Waals surface area contributed by atoms with Crippen molar-refractivity contribution >= 4 is 5.78 Å². The van der Waals surface area contributed by atoms with Gasteiger partial charge < -0.3 is 0 Å². The highest BCUT2D eigenvalue weighted by Gasteiger charge is 2.42. The third kappa shape index (κ3) is 1.42. The van der Waals surface area contributed by atoms with Crippen LogP contribution in [-0.2, 0) is 11.8 Å². The van der Waals surface area contributed by atoms with E-state index in [0.29, 0.717) is 0 Å². The van der Waals surface area contributed by atoms with Gasteiger partial charge in [-0.1, -0.05) is 54.6 Å². The summed E-state index contributed by atoms with van der Waals surface area (Å²) in [7, 11) is 0. The molecule has 0 amide bonds. The molecule has 1 aliphatic rings. The van der Waals surface area contributed by atoms with Gasteiger partial charge in [-0.15, -0.1) is 0 Å². The van der Waals surface area contributed by atoms with E-state index in [4.69, 9.17) is 0 Å². The predicted molar refractivity (Wildman–Crippen MR) is 68.3 cm³/mol. The van der Waals surface area contributed by atoms with Crippen molar-refractivity contribution < 1.29 is 4.79 Å². The van der Waals surface area contributed by atoms with E-state index in [2.05, 4.69) is 6.07 Å². The smallest absolute Gasteiger partial charge is 0.173 e. The maximum absolute atomic E-state index is 12.5. The van der Waals surface area contributed by atoms with Gasteiger partial charge in [0, 0.05) is 5.56 Å². The number of rotatable bonds is 1. The Bertz CT molecular complexity index is 571. The molecule has 0 fully saturated rings. The lowest BCUT2D eigenvalue weighted by molar-refractivity contribution is 0.0915. The molecule has 0 heterocycles. The standard InChI is InChI=1S/C16H14O/c1-16(13-8-3-2-4-9-13)11-12-7-5-6-10-14(12)15(16)17/h2-10H,11H2,1H3. The minimum atomic E-state index is -0.384. The third-order valence-corrected chi connectivity index (χ3v) is 3.72. The molecule has 3 rings (SSSR count). The van der Waals surface area contributed by atoms with Gasteiger partial charge in [-0.3, -0.25) is 4.79 Å². The molecular weight excluding hydrogens is 208 g/mol. The fourth-order valence-corrected chi connectivity index (χ4v) is 2.69. The summed E-state index contributed by atoms with van der Waals surface area (Å²) in [5.74, 6) is 0.249. The minimum absolute atomic E-state index is 0.249. The summed E-state index contributed by atoms with van der Waals surface area (Å²) in [6.45, 7) is 2.05. The van der Waals surface area contributed by atoms with Gasteiger partial charge in [0.05, 0.1) is 5.41 Å². The predicted octanol–water partition coefficient (Wildman–Crippen LogP) is 3.38. The van der Waals surface area contributed by atoms with Crippen LogP contribution in [0.15, 0.2) is 54.6 Å². The zero-order chi connectivity index (χ0) is 11.9. The number of ketones is 1. The Morgan fingerprint density at radius 3 is 2.29 bits per heavy atom. The molecule has 84 valence electrons. The van der Waals surface area contributed by atoms with Crippen LogP contribution in [0.4, 0.5) is 0 Å². The van der Waals surface area contributed by atoms with Gasteiger partial charge in [0.15, 0.2) is 5.78 Å². The van der Waals surface area contributed by atoms with Crippen LogP contribution in [0, 0.1) is 0 Å². The van der Waals surface area contributed by atoms with E-state index in [-0.39, 0.29) is 11.2 Å². The number of hydrogen-bond acceptors (Lipinski definition) is 1. The van der Waals surface area contributed by atoms with Gasteiger partial charge in [0.1, 0.15) is 0 Å². The molecule has 0 aromatic heterocycles. The first-order chi connectivity index (χ1) is 8.22. The highest BCUT2D eigenvalue weighted by molar-refractivity contribution is 6.08. The van der Waals surface area contributed by atoms with Gasteiger partial charge in [-0.25, -0.2) is 0 Å². The van der Waals surface area contributed by atoms with Gasteiger partial charge in [-0.05, 0) is 24.5 Å². The Morgan fingerprint density at radius 2 is 1.59 bits per heavy atom. The second-order valence-electron chi connectivity index (χ2n) is 4.86. The molecule has 0 saturated heterocycles. The van der Waals surface area contributed by atoms with E-state index in [9.17, 15) is 4.79 Å². The largest absolute Gasteiger partial charge is 0.293 e. The Balaban J connectivity index is 2.12. The average molecular weight is 222 g/mol. The Kier molecular flexibility index (Phi) is 2.15. The molecule has 0 bridgehead atoms. The van der Waals surface area contributed by atoms with Crippen LogP contribution in [0.25, 0.3) is 0 Å². The van der Waals surface area contributed by atoms with Crippen molar-refractivity contribution in [3.05, 3.63) is 71.3 Å². The summed E-state index contributed by atoms with van der Waals surface area (Å²) < 4.78 is 0. The first-order valence-corrected chi connectivity index (χ1v) is 5.90. The third-order valence-electron chi connectivity index (χ3n) is 3.72. The second-order valence-corrected chi connectivity index (χ2v) is 4.86. The number of Topliss-reactive ketones (excluding diaryl/α,β-unsaturated/α-hetero) is 1. The maximum atomic E-state index is 12.5. The maximum Gasteiger partial charge on any atom is 0.173 e. The lowest BCUT2D eigenvalue weighted by Crippen LogP contribution is -2.29. The van der Waals surface area contributed by atoms with E-state index in [1.54, 1.807) is 0 Å². The SMILES string of the molecule is CC1(c2ccccc2)Cc2ccccc2C1=O. The van der Waals surface area contributed by atoms with Crippen LogP contribution in [0.3, 0.4) is 0 Å². The van der Waals surface area contributed by atoms with E-state index in [1.807, 2.05) is 55.5 Å². The summed E-state index contributed by atoms with van der Waals surface area (Å²) in [5, 5.41) is 0. The number of fused-ring (bicyclic) bond motifs is 1. The summed E-state index contributed by atoms with van der Waals surface area (Å²) >= 11 is 0. The van der Waals surface area contributed by atoms with Crippen molar-refractivity contribution in [3.8, 4) is 0 Å². The Morgan fingerprint density at radius 1 is 0.941 bits per heavy atom. The molecule has 17 heavy (non-hydrogen) atoms. The molecule has 1 aliphatic carbocycles. The monoisotopic (exact) mass is 222 g/mol. The quantitative estimate of drug-likeness (QED) is 0.723. The number of hydrogen-bond donors (Lipinski definition) is 0. The fourth-order valence-electron chi connectivity index (χ4n) is 2.69. The van der Waals surface area contributed by atoms with Crippen LogP contribution in [0.1, 0.15) is 28.4 Å². The molecule has 1 unspecified atom stereocenters. The fraction of sp³-hybridized carbons (Fsp3) is 0.188. The molecule has 1 atom stereocenters. The lowest BCUT2D eigenvalue weighted by Gasteiger charge is -2.22. The highest BCUT2D eigenvalue weighted by Crippen LogP contribution is 2.39. The zero-order valence-electron chi connectivity index (χ0n) is 9.81. The van der Waals surface area contributed by atoms with Crippen molar-refractivity contribution in [3.63, 3.8) is 0 Å². The first-order valence-electron chi connectivity index (χ1n) is 5.90. The number of benzene rings is 2. The Labute approximate surface area is 101 Å². The molecule has 1 nitrogen and oxygen atoms in total. The molecule has 0 N–H and O–H groups in total. The van der Waals surface area contributed by atoms with E-state index in [1.165, 1.54) is 5.56 Å². The topological polar surface area (TPSA) is 17.1 Å². The number of carbonyl (C=O) groups excluding carboxylic acids is 1. The molecule has 1 heteroatoms. The summed E-state index contributed by atoms with van der Waals surface area (Å²) in [6, 6.07) is 18.0. The molecule has 2 aromatic carbocycles. The Hall–Kier alpha value is -1.89. The van der Waals surface area contributed by atoms with Crippen molar-refractivity contribution in [1.29, 1.82) is 0 Å². The zero-order valence-corrected chi connectivity index (χ0v) is 9.81. The van der Waals surface area contributed by atoms with E-state index < -0.39 is 0 Å². The van der Waals surface area contributed by atoms with Gasteiger partial charge >= 0.3 is 0 Å². The van der Waals surface area contributed by atoms with Crippen LogP contribution in [0.5, 0.6) is 0 Å². The van der Waals surface area contributed by atoms with Crippen LogP contribution < -0.4 is 0 Å². The molecular formula is C16H14O. The molecule has 0 spiro atoms. The van der Waals surface area contributed by atoms with E-state index >= 15 is 0 Å². The highest BCUT2D eigenvalue weighted by atomic mass is 16.1. The van der Waals surface area contributed by atoms with Crippen LogP contribution in [-0.4, -0.2) is 5.78 Å². The second kappa shape index (κ2) is 3.56. The average Bonchev–Trinajstić information content (AvgIpc) is 2.65. The van der Waals surface area contributed by atoms with Crippen LogP contribution >= 0.6 is 0 Å². The molecule has 2 aromatic rings. The van der Waals surface area contributed by atoms with Gasteiger partial charge in [0.2, 0.25) is 0 Å². The summed E-state index contributed by atoms with van der Waals surface area (Å²) in [4.78, 5) is 12.5. The minimum Gasteiger partial charge on any atom is -0.293 e. The van der Waals surface area contributed by atoms with Gasteiger partial charge in [0.25, 0.3) is 0 Å². The van der Waals surface area contributed by atoms with Crippen LogP contribution in [0.2, 0.25) is 0 Å². The molecule has 0 radical (unpaired) electrons. The first kappa shape index (κ1) is 10.3. The lowest BCUT2D eigenvalue weighted by atomic mass is 9.79. The normalized spacial score (nSPS) is 22.5. The van der Waals surface area contributed by atoms with Crippen molar-refractivity contribution in [2.24, 2.45) is 0 Å². The number of carbonyl (C=O) groups is 1. The van der Waals surface area contributed by atoms with Crippen molar-refractivity contribution in [2.45, 2.75) is 18.8 Å². The summed E-state index contributed by atoms with van der Waals surface area (Å²) in [6.07, 6.45) is 0.812. The van der Waals surface area contributed by atoms with Crippen molar-refractivity contribution in [2.75, 3.05) is 0 Å². The summed E-state index contributed by atoms with van der Waals surface area (Å²) in [5.41, 5.74) is 2.79. The van der Waals surface area contributed by atoms with E-state index in [0.717, 1.165) is 17.5 Å².